The zero-order chi connectivity index (χ0) is 19.6. The quantitative estimate of drug-likeness (QED) is 0.641. The lowest BCUT2D eigenvalue weighted by molar-refractivity contribution is 0.140. The molecule has 0 radical (unpaired) electrons. The summed E-state index contributed by atoms with van der Waals surface area (Å²) in [5.41, 5.74) is 3.61. The molecule has 4 nitrogen and oxygen atoms in total. The number of carbonyl (C=O) groups excluding carboxylic acids is 1. The standard InChI is InChI=1S/C21H20F2N2O2/c1-13-5-4-6-19(14(13)2)15(3)20-24-7-8-25(20)21(26)27-12-16-9-17(22)11-18(23)10-16/h4-11,15H,12H2,1-3H3/t15-/m0/s1. The van der Waals surface area contributed by atoms with Crippen LogP contribution in [0, 0.1) is 25.5 Å². The maximum absolute atomic E-state index is 13.3. The van der Waals surface area contributed by atoms with E-state index in [2.05, 4.69) is 4.98 Å². The molecule has 0 bridgehead atoms. The van der Waals surface area contributed by atoms with Crippen LogP contribution in [-0.4, -0.2) is 15.6 Å². The summed E-state index contributed by atoms with van der Waals surface area (Å²) >= 11 is 0. The summed E-state index contributed by atoms with van der Waals surface area (Å²) < 4.78 is 33.1. The van der Waals surface area contributed by atoms with Gasteiger partial charge in [0.1, 0.15) is 24.1 Å². The highest BCUT2D eigenvalue weighted by Crippen LogP contribution is 2.27. The lowest BCUT2D eigenvalue weighted by Crippen LogP contribution is -2.18. The molecule has 2 aromatic carbocycles. The van der Waals surface area contributed by atoms with Gasteiger partial charge in [0.25, 0.3) is 0 Å². The minimum atomic E-state index is -0.715. The molecule has 140 valence electrons. The zero-order valence-electron chi connectivity index (χ0n) is 15.4. The smallest absolute Gasteiger partial charge is 0.419 e. The van der Waals surface area contributed by atoms with Gasteiger partial charge in [-0.1, -0.05) is 25.1 Å². The van der Waals surface area contributed by atoms with E-state index in [4.69, 9.17) is 4.74 Å². The molecule has 0 spiro atoms. The molecule has 1 aromatic heterocycles. The van der Waals surface area contributed by atoms with Gasteiger partial charge in [0.05, 0.1) is 0 Å². The normalized spacial score (nSPS) is 12.0. The van der Waals surface area contributed by atoms with Crippen LogP contribution < -0.4 is 0 Å². The molecule has 0 N–H and O–H groups in total. The van der Waals surface area contributed by atoms with Crippen molar-refractivity contribution in [2.45, 2.75) is 33.3 Å². The summed E-state index contributed by atoms with van der Waals surface area (Å²) in [7, 11) is 0. The summed E-state index contributed by atoms with van der Waals surface area (Å²) in [6, 6.07) is 9.04. The number of aromatic nitrogens is 2. The Kier molecular flexibility index (Phi) is 5.35. The largest absolute Gasteiger partial charge is 0.444 e. The minimum Gasteiger partial charge on any atom is -0.444 e. The lowest BCUT2D eigenvalue weighted by atomic mass is 9.93. The van der Waals surface area contributed by atoms with E-state index in [0.717, 1.165) is 34.9 Å². The first kappa shape index (κ1) is 18.8. The van der Waals surface area contributed by atoms with Crippen molar-refractivity contribution in [3.8, 4) is 0 Å². The molecule has 1 heterocycles. The van der Waals surface area contributed by atoms with Gasteiger partial charge in [-0.15, -0.1) is 0 Å². The first-order chi connectivity index (χ1) is 12.9. The van der Waals surface area contributed by atoms with Gasteiger partial charge in [-0.2, -0.15) is 0 Å². The van der Waals surface area contributed by atoms with Crippen molar-refractivity contribution in [1.29, 1.82) is 0 Å². The fourth-order valence-corrected chi connectivity index (χ4v) is 3.08. The highest BCUT2D eigenvalue weighted by Gasteiger charge is 2.20. The van der Waals surface area contributed by atoms with E-state index in [1.807, 2.05) is 39.0 Å². The first-order valence-electron chi connectivity index (χ1n) is 8.58. The fourth-order valence-electron chi connectivity index (χ4n) is 3.08. The molecule has 0 saturated heterocycles. The van der Waals surface area contributed by atoms with Gasteiger partial charge >= 0.3 is 6.09 Å². The van der Waals surface area contributed by atoms with Gasteiger partial charge in [-0.05, 0) is 48.2 Å². The zero-order valence-corrected chi connectivity index (χ0v) is 15.4. The molecule has 1 atom stereocenters. The maximum atomic E-state index is 13.3. The second kappa shape index (κ2) is 7.70. The predicted octanol–water partition coefficient (Wildman–Crippen LogP) is 5.11. The van der Waals surface area contributed by atoms with Crippen LogP contribution in [0.3, 0.4) is 0 Å². The van der Waals surface area contributed by atoms with E-state index < -0.39 is 17.7 Å². The van der Waals surface area contributed by atoms with Crippen LogP contribution in [0.1, 0.15) is 40.9 Å². The van der Waals surface area contributed by atoms with Crippen LogP contribution in [0.4, 0.5) is 13.6 Å². The molecular weight excluding hydrogens is 350 g/mol. The van der Waals surface area contributed by atoms with Gasteiger partial charge < -0.3 is 4.74 Å². The number of carbonyl (C=O) groups is 1. The third-order valence-electron chi connectivity index (χ3n) is 4.65. The minimum absolute atomic E-state index is 0.126. The summed E-state index contributed by atoms with van der Waals surface area (Å²) in [5.74, 6) is -1.01. The molecule has 3 rings (SSSR count). The molecule has 0 aliphatic heterocycles. The van der Waals surface area contributed by atoms with E-state index in [1.54, 1.807) is 0 Å². The van der Waals surface area contributed by atoms with Crippen LogP contribution in [0.25, 0.3) is 0 Å². The molecule has 0 unspecified atom stereocenters. The molecule has 0 aliphatic carbocycles. The average molecular weight is 370 g/mol. The van der Waals surface area contributed by atoms with Crippen LogP contribution in [0.5, 0.6) is 0 Å². The van der Waals surface area contributed by atoms with Gasteiger partial charge in [-0.3, -0.25) is 0 Å². The Balaban J connectivity index is 1.79. The van der Waals surface area contributed by atoms with E-state index >= 15 is 0 Å². The summed E-state index contributed by atoms with van der Waals surface area (Å²) in [6.45, 7) is 5.80. The molecule has 0 amide bonds. The van der Waals surface area contributed by atoms with Crippen LogP contribution in [0.2, 0.25) is 0 Å². The van der Waals surface area contributed by atoms with E-state index in [-0.39, 0.29) is 18.1 Å². The van der Waals surface area contributed by atoms with Crippen molar-refractivity contribution in [3.05, 3.63) is 88.5 Å². The first-order valence-corrected chi connectivity index (χ1v) is 8.58. The number of ether oxygens (including phenoxy) is 1. The topological polar surface area (TPSA) is 44.1 Å². The Bertz CT molecular complexity index is 962. The van der Waals surface area contributed by atoms with Crippen molar-refractivity contribution in [2.24, 2.45) is 0 Å². The predicted molar refractivity (Wildman–Crippen MR) is 97.6 cm³/mol. The molecule has 0 saturated carbocycles. The van der Waals surface area contributed by atoms with Crippen molar-refractivity contribution in [2.75, 3.05) is 0 Å². The van der Waals surface area contributed by atoms with Gasteiger partial charge in [0.2, 0.25) is 0 Å². The van der Waals surface area contributed by atoms with Crippen LogP contribution in [-0.2, 0) is 11.3 Å². The number of hydrogen-bond donors (Lipinski definition) is 0. The van der Waals surface area contributed by atoms with E-state index in [0.29, 0.717) is 5.82 Å². The van der Waals surface area contributed by atoms with Crippen molar-refractivity contribution < 1.29 is 18.3 Å². The summed E-state index contributed by atoms with van der Waals surface area (Å²) in [6.07, 6.45) is 2.40. The van der Waals surface area contributed by atoms with Crippen molar-refractivity contribution >= 4 is 6.09 Å². The lowest BCUT2D eigenvalue weighted by Gasteiger charge is -2.17. The van der Waals surface area contributed by atoms with Crippen LogP contribution >= 0.6 is 0 Å². The molecular formula is C21H20F2N2O2. The third-order valence-corrected chi connectivity index (χ3v) is 4.65. The molecule has 6 heteroatoms. The Morgan fingerprint density at radius 3 is 2.59 bits per heavy atom. The Labute approximate surface area is 156 Å². The molecule has 0 fully saturated rings. The maximum Gasteiger partial charge on any atom is 0.419 e. The monoisotopic (exact) mass is 370 g/mol. The van der Waals surface area contributed by atoms with Crippen molar-refractivity contribution in [3.63, 3.8) is 0 Å². The second-order valence-corrected chi connectivity index (χ2v) is 6.50. The number of benzene rings is 2. The third kappa shape index (κ3) is 4.05. The highest BCUT2D eigenvalue weighted by molar-refractivity contribution is 5.71. The average Bonchev–Trinajstić information content (AvgIpc) is 3.10. The number of rotatable bonds is 4. The number of nitrogens with zero attached hydrogens (tertiary/aromatic N) is 2. The second-order valence-electron chi connectivity index (χ2n) is 6.50. The van der Waals surface area contributed by atoms with Gasteiger partial charge in [0.15, 0.2) is 0 Å². The summed E-state index contributed by atoms with van der Waals surface area (Å²) in [4.78, 5) is 16.8. The highest BCUT2D eigenvalue weighted by atomic mass is 19.1. The van der Waals surface area contributed by atoms with Crippen molar-refractivity contribution in [1.82, 2.24) is 9.55 Å². The summed E-state index contributed by atoms with van der Waals surface area (Å²) in [5, 5.41) is 0. The van der Waals surface area contributed by atoms with E-state index in [9.17, 15) is 13.6 Å². The number of halogens is 2. The van der Waals surface area contributed by atoms with E-state index in [1.165, 1.54) is 17.0 Å². The van der Waals surface area contributed by atoms with Gasteiger partial charge in [-0.25, -0.2) is 23.1 Å². The molecule has 0 aliphatic rings. The number of aryl methyl sites for hydroxylation is 1. The fraction of sp³-hybridized carbons (Fsp3) is 0.238. The molecule has 27 heavy (non-hydrogen) atoms. The Morgan fingerprint density at radius 1 is 1.19 bits per heavy atom. The molecule has 3 aromatic rings. The Morgan fingerprint density at radius 2 is 1.89 bits per heavy atom. The van der Waals surface area contributed by atoms with Crippen LogP contribution in [0.15, 0.2) is 48.8 Å². The Hall–Kier alpha value is -3.02. The number of imidazole rings is 1. The number of hydrogen-bond acceptors (Lipinski definition) is 3. The SMILES string of the molecule is Cc1cccc([C@H](C)c2nccn2C(=O)OCc2cc(F)cc(F)c2)c1C. The van der Waals surface area contributed by atoms with Gasteiger partial charge in [0, 0.05) is 24.4 Å².